The molecule has 9 heteroatoms. The first-order valence-corrected chi connectivity index (χ1v) is 9.60. The third-order valence-corrected chi connectivity index (χ3v) is 4.81. The predicted octanol–water partition coefficient (Wildman–Crippen LogP) is 4.01. The molecule has 7 nitrogen and oxygen atoms in total. The van der Waals surface area contributed by atoms with Gasteiger partial charge in [0.1, 0.15) is 11.5 Å². The van der Waals surface area contributed by atoms with Gasteiger partial charge in [0, 0.05) is 30.8 Å². The molecule has 154 valence electrons. The summed E-state index contributed by atoms with van der Waals surface area (Å²) in [6.07, 6.45) is 1.85. The standard InChI is InChI=1S/C20H21ClFN3O4/c21-15-6-7-18(19(10-15)25(27)28)23-20(26)13-24(12-17-5-2-8-29-17)11-14-3-1-4-16(22)9-14/h1,3-4,6-7,9-10,17H,2,5,8,11-13H2,(H,23,26). The molecule has 1 amide bonds. The van der Waals surface area contributed by atoms with Crippen LogP contribution in [-0.2, 0) is 16.1 Å². The Morgan fingerprint density at radius 3 is 2.86 bits per heavy atom. The van der Waals surface area contributed by atoms with Crippen molar-refractivity contribution in [2.45, 2.75) is 25.5 Å². The monoisotopic (exact) mass is 421 g/mol. The number of nitrogens with zero attached hydrogens (tertiary/aromatic N) is 2. The van der Waals surface area contributed by atoms with E-state index in [1.807, 2.05) is 4.90 Å². The van der Waals surface area contributed by atoms with Crippen LogP contribution < -0.4 is 5.32 Å². The quantitative estimate of drug-likeness (QED) is 0.514. The second-order valence-electron chi connectivity index (χ2n) is 6.90. The molecule has 2 aromatic carbocycles. The molecule has 0 aliphatic carbocycles. The molecule has 0 radical (unpaired) electrons. The molecule has 0 bridgehead atoms. The summed E-state index contributed by atoms with van der Waals surface area (Å²) >= 11 is 5.81. The van der Waals surface area contributed by atoms with Crippen LogP contribution in [0.4, 0.5) is 15.8 Å². The molecular formula is C20H21ClFN3O4. The number of ether oxygens (including phenoxy) is 1. The molecule has 0 spiro atoms. The Labute approximate surface area is 172 Å². The molecule has 1 unspecified atom stereocenters. The fraction of sp³-hybridized carbons (Fsp3) is 0.350. The van der Waals surface area contributed by atoms with Crippen molar-refractivity contribution in [1.82, 2.24) is 4.90 Å². The zero-order valence-corrected chi connectivity index (χ0v) is 16.4. The van der Waals surface area contributed by atoms with Gasteiger partial charge in [0.05, 0.1) is 17.6 Å². The molecule has 3 rings (SSSR count). The van der Waals surface area contributed by atoms with Crippen molar-refractivity contribution in [2.75, 3.05) is 25.0 Å². The molecule has 1 saturated heterocycles. The van der Waals surface area contributed by atoms with Crippen LogP contribution in [0.15, 0.2) is 42.5 Å². The van der Waals surface area contributed by atoms with Crippen molar-refractivity contribution in [3.05, 3.63) is 69.0 Å². The summed E-state index contributed by atoms with van der Waals surface area (Å²) < 4.78 is 19.2. The molecule has 0 saturated carbocycles. The lowest BCUT2D eigenvalue weighted by atomic mass is 10.1. The van der Waals surface area contributed by atoms with E-state index >= 15 is 0 Å². The third-order valence-electron chi connectivity index (χ3n) is 4.58. The minimum absolute atomic E-state index is 0.00114. The number of hydrogen-bond acceptors (Lipinski definition) is 5. The highest BCUT2D eigenvalue weighted by Crippen LogP contribution is 2.27. The van der Waals surface area contributed by atoms with E-state index < -0.39 is 10.8 Å². The lowest BCUT2D eigenvalue weighted by Crippen LogP contribution is -2.38. The Kier molecular flexibility index (Phi) is 7.13. The maximum atomic E-state index is 13.5. The van der Waals surface area contributed by atoms with Gasteiger partial charge < -0.3 is 10.1 Å². The lowest BCUT2D eigenvalue weighted by molar-refractivity contribution is -0.383. The van der Waals surface area contributed by atoms with E-state index in [0.717, 1.165) is 18.4 Å². The van der Waals surface area contributed by atoms with Crippen molar-refractivity contribution in [1.29, 1.82) is 0 Å². The van der Waals surface area contributed by atoms with Gasteiger partial charge in [-0.25, -0.2) is 4.39 Å². The first-order chi connectivity index (χ1) is 13.9. The first-order valence-electron chi connectivity index (χ1n) is 9.23. The van der Waals surface area contributed by atoms with Crippen LogP contribution in [0.25, 0.3) is 0 Å². The second kappa shape index (κ2) is 9.78. The number of nitro groups is 1. The maximum Gasteiger partial charge on any atom is 0.294 e. The van der Waals surface area contributed by atoms with Crippen LogP contribution in [0.3, 0.4) is 0 Å². The van der Waals surface area contributed by atoms with Crippen molar-refractivity contribution in [3.8, 4) is 0 Å². The van der Waals surface area contributed by atoms with Gasteiger partial charge in [-0.3, -0.25) is 19.8 Å². The number of carbonyl (C=O) groups excluding carboxylic acids is 1. The summed E-state index contributed by atoms with van der Waals surface area (Å²) in [7, 11) is 0. The number of rotatable bonds is 8. The van der Waals surface area contributed by atoms with Gasteiger partial charge in [-0.15, -0.1) is 0 Å². The summed E-state index contributed by atoms with van der Waals surface area (Å²) in [5, 5.41) is 14.0. The average molecular weight is 422 g/mol. The second-order valence-corrected chi connectivity index (χ2v) is 7.34. The van der Waals surface area contributed by atoms with Crippen molar-refractivity contribution in [2.24, 2.45) is 0 Å². The zero-order chi connectivity index (χ0) is 20.8. The number of anilines is 1. The summed E-state index contributed by atoms with van der Waals surface area (Å²) in [5.41, 5.74) is 0.530. The number of halogens is 2. The Hall–Kier alpha value is -2.55. The van der Waals surface area contributed by atoms with Gasteiger partial charge in [-0.05, 0) is 42.7 Å². The molecule has 0 aromatic heterocycles. The minimum Gasteiger partial charge on any atom is -0.377 e. The smallest absolute Gasteiger partial charge is 0.294 e. The Morgan fingerprint density at radius 2 is 2.17 bits per heavy atom. The summed E-state index contributed by atoms with van der Waals surface area (Å²) in [6.45, 7) is 1.53. The maximum absolute atomic E-state index is 13.5. The van der Waals surface area contributed by atoms with E-state index in [1.165, 1.54) is 30.3 Å². The summed E-state index contributed by atoms with van der Waals surface area (Å²) in [6, 6.07) is 10.2. The molecule has 2 aromatic rings. The minimum atomic E-state index is -0.599. The molecular weight excluding hydrogens is 401 g/mol. The first kappa shape index (κ1) is 21.2. The topological polar surface area (TPSA) is 84.7 Å². The van der Waals surface area contributed by atoms with Crippen LogP contribution in [-0.4, -0.2) is 41.5 Å². The number of hydrogen-bond donors (Lipinski definition) is 1. The van der Waals surface area contributed by atoms with E-state index in [1.54, 1.807) is 12.1 Å². The van der Waals surface area contributed by atoms with E-state index in [4.69, 9.17) is 16.3 Å². The molecule has 1 aliphatic rings. The Bertz CT molecular complexity index is 890. The zero-order valence-electron chi connectivity index (χ0n) is 15.6. The highest BCUT2D eigenvalue weighted by atomic mass is 35.5. The number of amides is 1. The highest BCUT2D eigenvalue weighted by Gasteiger charge is 2.23. The molecule has 1 atom stereocenters. The average Bonchev–Trinajstić information content (AvgIpc) is 3.16. The predicted molar refractivity (Wildman–Crippen MR) is 107 cm³/mol. The third kappa shape index (κ3) is 6.22. The summed E-state index contributed by atoms with van der Waals surface area (Å²) in [5.74, 6) is -0.759. The van der Waals surface area contributed by atoms with Gasteiger partial charge in [0.15, 0.2) is 0 Å². The number of nitrogens with one attached hydrogen (secondary N) is 1. The van der Waals surface area contributed by atoms with Gasteiger partial charge in [-0.2, -0.15) is 0 Å². The number of carbonyl (C=O) groups is 1. The SMILES string of the molecule is O=C(CN(Cc1cccc(F)c1)CC1CCCO1)Nc1ccc(Cl)cc1[N+](=O)[O-]. The largest absolute Gasteiger partial charge is 0.377 e. The molecule has 1 N–H and O–H groups in total. The van der Waals surface area contributed by atoms with Crippen LogP contribution in [0, 0.1) is 15.9 Å². The van der Waals surface area contributed by atoms with Crippen LogP contribution in [0.1, 0.15) is 18.4 Å². The van der Waals surface area contributed by atoms with Gasteiger partial charge in [0.2, 0.25) is 5.91 Å². The fourth-order valence-electron chi connectivity index (χ4n) is 3.31. The van der Waals surface area contributed by atoms with Crippen molar-refractivity contribution in [3.63, 3.8) is 0 Å². The van der Waals surface area contributed by atoms with E-state index in [0.29, 0.717) is 19.7 Å². The fourth-order valence-corrected chi connectivity index (χ4v) is 3.48. The molecule has 1 heterocycles. The number of nitro benzene ring substituents is 1. The Balaban J connectivity index is 1.71. The van der Waals surface area contributed by atoms with Crippen LogP contribution >= 0.6 is 11.6 Å². The van der Waals surface area contributed by atoms with Gasteiger partial charge in [0.25, 0.3) is 5.69 Å². The molecule has 1 fully saturated rings. The van der Waals surface area contributed by atoms with Gasteiger partial charge in [-0.1, -0.05) is 23.7 Å². The van der Waals surface area contributed by atoms with Crippen LogP contribution in [0.5, 0.6) is 0 Å². The van der Waals surface area contributed by atoms with E-state index in [9.17, 15) is 19.3 Å². The summed E-state index contributed by atoms with van der Waals surface area (Å²) in [4.78, 5) is 25.1. The van der Waals surface area contributed by atoms with Crippen molar-refractivity contribution < 1.29 is 18.8 Å². The lowest BCUT2D eigenvalue weighted by Gasteiger charge is -2.24. The van der Waals surface area contributed by atoms with Gasteiger partial charge >= 0.3 is 0 Å². The normalized spacial score (nSPS) is 16.2. The molecule has 1 aliphatic heterocycles. The van der Waals surface area contributed by atoms with Crippen LogP contribution in [0.2, 0.25) is 5.02 Å². The van der Waals surface area contributed by atoms with Crippen molar-refractivity contribution >= 4 is 28.9 Å². The number of benzene rings is 2. The van der Waals surface area contributed by atoms with E-state index in [2.05, 4.69) is 5.32 Å². The highest BCUT2D eigenvalue weighted by molar-refractivity contribution is 6.31. The molecule has 29 heavy (non-hydrogen) atoms. The van der Waals surface area contributed by atoms with E-state index in [-0.39, 0.29) is 34.9 Å². The Morgan fingerprint density at radius 1 is 1.34 bits per heavy atom.